The van der Waals surface area contributed by atoms with Gasteiger partial charge >= 0.3 is 0 Å². The zero-order chi connectivity index (χ0) is 17.5. The van der Waals surface area contributed by atoms with Crippen LogP contribution >= 0.6 is 15.9 Å². The van der Waals surface area contributed by atoms with E-state index in [4.69, 9.17) is 14.2 Å². The van der Waals surface area contributed by atoms with Crippen molar-refractivity contribution in [2.75, 3.05) is 26.6 Å². The molecule has 0 aromatic heterocycles. The normalized spacial score (nSPS) is 10.5. The van der Waals surface area contributed by atoms with Crippen LogP contribution in [0.5, 0.6) is 17.2 Å². The largest absolute Gasteiger partial charge is 0.493 e. The Labute approximate surface area is 149 Å². The van der Waals surface area contributed by atoms with E-state index in [1.54, 1.807) is 39.5 Å². The second-order valence-electron chi connectivity index (χ2n) is 4.76. The van der Waals surface area contributed by atoms with Gasteiger partial charge in [-0.3, -0.25) is 4.79 Å². The third-order valence-electron chi connectivity index (χ3n) is 3.25. The van der Waals surface area contributed by atoms with Crippen molar-refractivity contribution >= 4 is 33.6 Å². The van der Waals surface area contributed by atoms with Crippen LogP contribution in [0.4, 0.5) is 5.69 Å². The summed E-state index contributed by atoms with van der Waals surface area (Å²) in [5.74, 6) is 1.33. The Hall–Kier alpha value is -2.47. The summed E-state index contributed by atoms with van der Waals surface area (Å²) in [4.78, 5) is 12.1. The summed E-state index contributed by atoms with van der Waals surface area (Å²) in [6.45, 7) is 0. The van der Waals surface area contributed by atoms with Crippen molar-refractivity contribution < 1.29 is 19.0 Å². The van der Waals surface area contributed by atoms with Crippen molar-refractivity contribution in [3.63, 3.8) is 0 Å². The number of benzene rings is 2. The number of amides is 1. The number of carbonyl (C=O) groups is 1. The quantitative estimate of drug-likeness (QED) is 0.752. The number of hydrogen-bond donors (Lipinski definition) is 1. The van der Waals surface area contributed by atoms with E-state index in [0.717, 1.165) is 10.0 Å². The van der Waals surface area contributed by atoms with Crippen molar-refractivity contribution in [1.29, 1.82) is 0 Å². The van der Waals surface area contributed by atoms with Crippen LogP contribution < -0.4 is 19.5 Å². The Balaban J connectivity index is 2.19. The van der Waals surface area contributed by atoms with E-state index in [1.807, 2.05) is 24.3 Å². The van der Waals surface area contributed by atoms with Gasteiger partial charge in [-0.05, 0) is 51.8 Å². The maximum atomic E-state index is 12.1. The van der Waals surface area contributed by atoms with E-state index < -0.39 is 0 Å². The number of hydrogen-bond acceptors (Lipinski definition) is 4. The first-order valence-corrected chi connectivity index (χ1v) is 7.92. The first-order chi connectivity index (χ1) is 11.6. The third kappa shape index (κ3) is 4.29. The van der Waals surface area contributed by atoms with Crippen molar-refractivity contribution in [3.05, 3.63) is 52.5 Å². The molecule has 0 spiro atoms. The average Bonchev–Trinajstić information content (AvgIpc) is 2.60. The maximum absolute atomic E-state index is 12.1. The predicted molar refractivity (Wildman–Crippen MR) is 97.9 cm³/mol. The molecule has 0 unspecified atom stereocenters. The number of rotatable bonds is 6. The van der Waals surface area contributed by atoms with Crippen LogP contribution in [0.3, 0.4) is 0 Å². The summed E-state index contributed by atoms with van der Waals surface area (Å²) in [7, 11) is 4.63. The van der Waals surface area contributed by atoms with E-state index in [-0.39, 0.29) is 5.91 Å². The molecule has 0 heterocycles. The molecule has 0 bridgehead atoms. The van der Waals surface area contributed by atoms with Gasteiger partial charge in [0.2, 0.25) is 11.7 Å². The van der Waals surface area contributed by atoms with Crippen LogP contribution in [0.15, 0.2) is 46.9 Å². The average molecular weight is 392 g/mol. The highest BCUT2D eigenvalue weighted by molar-refractivity contribution is 9.10. The van der Waals surface area contributed by atoms with Gasteiger partial charge in [-0.25, -0.2) is 0 Å². The van der Waals surface area contributed by atoms with Gasteiger partial charge < -0.3 is 19.5 Å². The lowest BCUT2D eigenvalue weighted by molar-refractivity contribution is -0.111. The minimum absolute atomic E-state index is 0.240. The second-order valence-corrected chi connectivity index (χ2v) is 5.62. The molecule has 0 aliphatic carbocycles. The lowest BCUT2D eigenvalue weighted by Crippen LogP contribution is -2.08. The molecule has 2 aromatic rings. The summed E-state index contributed by atoms with van der Waals surface area (Å²) in [5.41, 5.74) is 1.46. The van der Waals surface area contributed by atoms with Crippen LogP contribution in [-0.4, -0.2) is 27.2 Å². The zero-order valence-corrected chi connectivity index (χ0v) is 15.2. The van der Waals surface area contributed by atoms with E-state index >= 15 is 0 Å². The lowest BCUT2D eigenvalue weighted by Gasteiger charge is -2.12. The van der Waals surface area contributed by atoms with Gasteiger partial charge in [-0.15, -0.1) is 0 Å². The number of para-hydroxylation sites is 1. The monoisotopic (exact) mass is 391 g/mol. The van der Waals surface area contributed by atoms with Crippen LogP contribution in [0.2, 0.25) is 0 Å². The van der Waals surface area contributed by atoms with Crippen LogP contribution in [-0.2, 0) is 4.79 Å². The molecule has 1 N–H and O–H groups in total. The molecule has 0 saturated heterocycles. The van der Waals surface area contributed by atoms with Gasteiger partial charge in [0, 0.05) is 10.5 Å². The second kappa shape index (κ2) is 8.40. The fourth-order valence-electron chi connectivity index (χ4n) is 2.11. The van der Waals surface area contributed by atoms with Crippen LogP contribution in [0, 0.1) is 0 Å². The fraction of sp³-hybridized carbons (Fsp3) is 0.167. The summed E-state index contributed by atoms with van der Waals surface area (Å²) >= 11 is 3.39. The van der Waals surface area contributed by atoms with Crippen molar-refractivity contribution in [1.82, 2.24) is 0 Å². The van der Waals surface area contributed by atoms with Crippen molar-refractivity contribution in [2.45, 2.75) is 0 Å². The third-order valence-corrected chi connectivity index (χ3v) is 3.94. The Morgan fingerprint density at radius 3 is 2.21 bits per heavy atom. The molecule has 24 heavy (non-hydrogen) atoms. The molecule has 0 fully saturated rings. The van der Waals surface area contributed by atoms with E-state index in [2.05, 4.69) is 21.2 Å². The van der Waals surface area contributed by atoms with Gasteiger partial charge in [0.05, 0.1) is 27.0 Å². The number of nitrogens with one attached hydrogen (secondary N) is 1. The molecule has 0 radical (unpaired) electrons. The van der Waals surface area contributed by atoms with Gasteiger partial charge in [0.1, 0.15) is 0 Å². The van der Waals surface area contributed by atoms with Gasteiger partial charge in [-0.1, -0.05) is 12.1 Å². The molecule has 0 aliphatic heterocycles. The molecule has 2 aromatic carbocycles. The molecule has 0 atom stereocenters. The topological polar surface area (TPSA) is 56.8 Å². The van der Waals surface area contributed by atoms with Crippen LogP contribution in [0.1, 0.15) is 5.56 Å². The standard InChI is InChI=1S/C18H18BrNO4/c1-22-15-10-12(11-16(23-2)18(15)24-3)8-9-17(21)20-14-7-5-4-6-13(14)19/h4-11H,1-3H3,(H,20,21)/b9-8+. The summed E-state index contributed by atoms with van der Waals surface area (Å²) in [6.07, 6.45) is 3.12. The summed E-state index contributed by atoms with van der Waals surface area (Å²) in [6, 6.07) is 10.9. The SMILES string of the molecule is COc1cc(/C=C/C(=O)Nc2ccccc2Br)cc(OC)c1OC. The van der Waals surface area contributed by atoms with E-state index in [1.165, 1.54) is 6.08 Å². The molecular weight excluding hydrogens is 374 g/mol. The number of halogens is 1. The molecular formula is C18H18BrNO4. The lowest BCUT2D eigenvalue weighted by atomic mass is 10.1. The van der Waals surface area contributed by atoms with Crippen molar-refractivity contribution in [2.24, 2.45) is 0 Å². The molecule has 0 saturated carbocycles. The van der Waals surface area contributed by atoms with Gasteiger partial charge in [0.15, 0.2) is 11.5 Å². The Morgan fingerprint density at radius 2 is 1.67 bits per heavy atom. The summed E-state index contributed by atoms with van der Waals surface area (Å²) in [5, 5.41) is 2.80. The number of ether oxygens (including phenoxy) is 3. The molecule has 5 nitrogen and oxygen atoms in total. The first kappa shape index (κ1) is 17.9. The maximum Gasteiger partial charge on any atom is 0.248 e. The number of methoxy groups -OCH3 is 3. The molecule has 6 heteroatoms. The van der Waals surface area contributed by atoms with Crippen LogP contribution in [0.25, 0.3) is 6.08 Å². The van der Waals surface area contributed by atoms with Gasteiger partial charge in [-0.2, -0.15) is 0 Å². The minimum Gasteiger partial charge on any atom is -0.493 e. The predicted octanol–water partition coefficient (Wildman–Crippen LogP) is 4.13. The van der Waals surface area contributed by atoms with E-state index in [0.29, 0.717) is 22.9 Å². The Bertz CT molecular complexity index is 733. The number of carbonyl (C=O) groups excluding carboxylic acids is 1. The Morgan fingerprint density at radius 1 is 1.04 bits per heavy atom. The minimum atomic E-state index is -0.240. The molecule has 126 valence electrons. The first-order valence-electron chi connectivity index (χ1n) is 7.12. The van der Waals surface area contributed by atoms with Gasteiger partial charge in [0.25, 0.3) is 0 Å². The zero-order valence-electron chi connectivity index (χ0n) is 13.6. The highest BCUT2D eigenvalue weighted by atomic mass is 79.9. The smallest absolute Gasteiger partial charge is 0.248 e. The number of anilines is 1. The summed E-state index contributed by atoms with van der Waals surface area (Å²) < 4.78 is 16.7. The highest BCUT2D eigenvalue weighted by Gasteiger charge is 2.12. The fourth-order valence-corrected chi connectivity index (χ4v) is 2.49. The van der Waals surface area contributed by atoms with Crippen molar-refractivity contribution in [3.8, 4) is 17.2 Å². The highest BCUT2D eigenvalue weighted by Crippen LogP contribution is 2.38. The Kier molecular flexibility index (Phi) is 6.26. The molecule has 1 amide bonds. The molecule has 2 rings (SSSR count). The van der Waals surface area contributed by atoms with E-state index in [9.17, 15) is 4.79 Å². The molecule has 0 aliphatic rings.